The molecule has 0 spiro atoms. The predicted molar refractivity (Wildman–Crippen MR) is 86.7 cm³/mol. The molecule has 0 aliphatic carbocycles. The van der Waals surface area contributed by atoms with Crippen LogP contribution in [0.3, 0.4) is 0 Å². The van der Waals surface area contributed by atoms with Crippen LogP contribution in [0.25, 0.3) is 0 Å². The van der Waals surface area contributed by atoms with Gasteiger partial charge in [-0.15, -0.1) is 0 Å². The first-order valence-corrected chi connectivity index (χ1v) is 7.46. The van der Waals surface area contributed by atoms with Crippen molar-refractivity contribution in [2.45, 2.75) is 13.3 Å². The number of halogens is 1. The number of nitrogens with zero attached hydrogens (tertiary/aromatic N) is 1. The number of anilines is 2. The van der Waals surface area contributed by atoms with Gasteiger partial charge >= 0.3 is 0 Å². The molecule has 0 radical (unpaired) electrons. The Kier molecular flexibility index (Phi) is 4.10. The fourth-order valence-corrected chi connectivity index (χ4v) is 2.63. The maximum absolute atomic E-state index is 12.9. The molecular weight excluding hydrogens is 295 g/mol. The average Bonchev–Trinajstić information content (AvgIpc) is 2.92. The van der Waals surface area contributed by atoms with Gasteiger partial charge in [-0.05, 0) is 43.3 Å². The molecule has 1 fully saturated rings. The zero-order valence-electron chi connectivity index (χ0n) is 12.8. The summed E-state index contributed by atoms with van der Waals surface area (Å²) in [4.78, 5) is 26.1. The van der Waals surface area contributed by atoms with Crippen LogP contribution in [0.5, 0.6) is 0 Å². The van der Waals surface area contributed by atoms with E-state index in [1.54, 1.807) is 4.90 Å². The predicted octanol–water partition coefficient (Wildman–Crippen LogP) is 3.13. The highest BCUT2D eigenvalue weighted by Crippen LogP contribution is 2.26. The molecule has 1 aliphatic heterocycles. The molecule has 1 N–H and O–H groups in total. The zero-order valence-corrected chi connectivity index (χ0v) is 12.8. The standard InChI is InChI=1S/C18H17FN2O2/c1-12-2-8-16(9-3-12)21-11-13(10-17(21)22)18(23)20-15-6-4-14(19)5-7-15/h2-9,13H,10-11H2,1H3,(H,20,23)/t13-/m0/s1. The van der Waals surface area contributed by atoms with E-state index in [1.165, 1.54) is 24.3 Å². The summed E-state index contributed by atoms with van der Waals surface area (Å²) in [5, 5.41) is 2.73. The van der Waals surface area contributed by atoms with Gasteiger partial charge in [0.05, 0.1) is 5.92 Å². The molecule has 0 bridgehead atoms. The molecule has 0 unspecified atom stereocenters. The van der Waals surface area contributed by atoms with Crippen LogP contribution in [0.1, 0.15) is 12.0 Å². The zero-order chi connectivity index (χ0) is 16.4. The highest BCUT2D eigenvalue weighted by molar-refractivity contribution is 6.03. The number of carbonyl (C=O) groups is 2. The minimum atomic E-state index is -0.408. The molecule has 23 heavy (non-hydrogen) atoms. The van der Waals surface area contributed by atoms with Crippen molar-refractivity contribution in [3.63, 3.8) is 0 Å². The summed E-state index contributed by atoms with van der Waals surface area (Å²) in [5.41, 5.74) is 2.45. The molecule has 1 aliphatic rings. The lowest BCUT2D eigenvalue weighted by molar-refractivity contribution is -0.122. The van der Waals surface area contributed by atoms with Crippen LogP contribution < -0.4 is 10.2 Å². The van der Waals surface area contributed by atoms with Gasteiger partial charge in [-0.3, -0.25) is 9.59 Å². The topological polar surface area (TPSA) is 49.4 Å². The quantitative estimate of drug-likeness (QED) is 0.946. The van der Waals surface area contributed by atoms with Crippen LogP contribution in [0.4, 0.5) is 15.8 Å². The van der Waals surface area contributed by atoms with E-state index in [1.807, 2.05) is 31.2 Å². The lowest BCUT2D eigenvalue weighted by Gasteiger charge is -2.17. The maximum Gasteiger partial charge on any atom is 0.229 e. The lowest BCUT2D eigenvalue weighted by Crippen LogP contribution is -2.28. The van der Waals surface area contributed by atoms with Crippen molar-refractivity contribution in [3.8, 4) is 0 Å². The van der Waals surface area contributed by atoms with Crippen LogP contribution in [-0.2, 0) is 9.59 Å². The summed E-state index contributed by atoms with van der Waals surface area (Å²) in [6.45, 7) is 2.34. The first-order valence-electron chi connectivity index (χ1n) is 7.46. The number of hydrogen-bond acceptors (Lipinski definition) is 2. The molecule has 118 valence electrons. The van der Waals surface area contributed by atoms with Crippen molar-refractivity contribution in [3.05, 3.63) is 59.9 Å². The highest BCUT2D eigenvalue weighted by Gasteiger charge is 2.35. The van der Waals surface area contributed by atoms with Crippen LogP contribution in [0.2, 0.25) is 0 Å². The van der Waals surface area contributed by atoms with Gasteiger partial charge in [0.15, 0.2) is 0 Å². The first-order chi connectivity index (χ1) is 11.0. The second-order valence-electron chi connectivity index (χ2n) is 5.74. The number of nitrogens with one attached hydrogen (secondary N) is 1. The molecular formula is C18H17FN2O2. The molecule has 4 nitrogen and oxygen atoms in total. The van der Waals surface area contributed by atoms with Gasteiger partial charge < -0.3 is 10.2 Å². The molecule has 2 aromatic carbocycles. The van der Waals surface area contributed by atoms with Crippen LogP contribution in [0, 0.1) is 18.7 Å². The van der Waals surface area contributed by atoms with E-state index >= 15 is 0 Å². The number of carbonyl (C=O) groups excluding carboxylic acids is 2. The third-order valence-corrected chi connectivity index (χ3v) is 3.95. The number of amides is 2. The van der Waals surface area contributed by atoms with E-state index in [2.05, 4.69) is 5.32 Å². The monoisotopic (exact) mass is 312 g/mol. The molecule has 0 aromatic heterocycles. The molecule has 2 aromatic rings. The Balaban J connectivity index is 1.68. The number of benzene rings is 2. The van der Waals surface area contributed by atoms with E-state index in [0.29, 0.717) is 12.2 Å². The molecule has 2 amide bonds. The van der Waals surface area contributed by atoms with E-state index in [4.69, 9.17) is 0 Å². The summed E-state index contributed by atoms with van der Waals surface area (Å²) >= 11 is 0. The summed E-state index contributed by atoms with van der Waals surface area (Å²) in [5.74, 6) is -1.05. The Labute approximate surface area is 133 Å². The van der Waals surface area contributed by atoms with Crippen LogP contribution in [-0.4, -0.2) is 18.4 Å². The minimum absolute atomic E-state index is 0.0619. The van der Waals surface area contributed by atoms with E-state index in [-0.39, 0.29) is 24.1 Å². The van der Waals surface area contributed by atoms with Crippen molar-refractivity contribution in [2.24, 2.45) is 5.92 Å². The van der Waals surface area contributed by atoms with Gasteiger partial charge in [0, 0.05) is 24.3 Å². The smallest absolute Gasteiger partial charge is 0.229 e. The second-order valence-corrected chi connectivity index (χ2v) is 5.74. The van der Waals surface area contributed by atoms with Gasteiger partial charge in [-0.1, -0.05) is 17.7 Å². The summed E-state index contributed by atoms with van der Waals surface area (Å²) < 4.78 is 12.9. The Hall–Kier alpha value is -2.69. The number of aryl methyl sites for hydroxylation is 1. The Bertz CT molecular complexity index is 726. The maximum atomic E-state index is 12.9. The Morgan fingerprint density at radius 3 is 2.43 bits per heavy atom. The molecule has 1 saturated heterocycles. The minimum Gasteiger partial charge on any atom is -0.326 e. The average molecular weight is 312 g/mol. The molecule has 0 saturated carbocycles. The lowest BCUT2D eigenvalue weighted by atomic mass is 10.1. The third kappa shape index (κ3) is 3.39. The van der Waals surface area contributed by atoms with E-state index in [0.717, 1.165) is 11.3 Å². The molecule has 5 heteroatoms. The highest BCUT2D eigenvalue weighted by atomic mass is 19.1. The Morgan fingerprint density at radius 2 is 1.78 bits per heavy atom. The van der Waals surface area contributed by atoms with Crippen molar-refractivity contribution >= 4 is 23.2 Å². The van der Waals surface area contributed by atoms with Gasteiger partial charge in [-0.25, -0.2) is 4.39 Å². The molecule has 1 heterocycles. The fourth-order valence-electron chi connectivity index (χ4n) is 2.63. The van der Waals surface area contributed by atoms with Gasteiger partial charge in [0.2, 0.25) is 11.8 Å². The van der Waals surface area contributed by atoms with Crippen molar-refractivity contribution < 1.29 is 14.0 Å². The van der Waals surface area contributed by atoms with E-state index in [9.17, 15) is 14.0 Å². The Morgan fingerprint density at radius 1 is 1.13 bits per heavy atom. The number of hydrogen-bond donors (Lipinski definition) is 1. The summed E-state index contributed by atoms with van der Waals surface area (Å²) in [7, 11) is 0. The first kappa shape index (κ1) is 15.2. The van der Waals surface area contributed by atoms with Crippen molar-refractivity contribution in [2.75, 3.05) is 16.8 Å². The van der Waals surface area contributed by atoms with Gasteiger partial charge in [0.25, 0.3) is 0 Å². The summed E-state index contributed by atoms with van der Waals surface area (Å²) in [6, 6.07) is 13.2. The van der Waals surface area contributed by atoms with Crippen molar-refractivity contribution in [1.82, 2.24) is 0 Å². The molecule has 3 rings (SSSR count). The van der Waals surface area contributed by atoms with Crippen LogP contribution in [0.15, 0.2) is 48.5 Å². The van der Waals surface area contributed by atoms with Gasteiger partial charge in [-0.2, -0.15) is 0 Å². The van der Waals surface area contributed by atoms with E-state index < -0.39 is 5.92 Å². The normalized spacial score (nSPS) is 17.4. The third-order valence-electron chi connectivity index (χ3n) is 3.95. The number of rotatable bonds is 3. The summed E-state index contributed by atoms with van der Waals surface area (Å²) in [6.07, 6.45) is 0.181. The second kappa shape index (κ2) is 6.20. The van der Waals surface area contributed by atoms with Crippen molar-refractivity contribution in [1.29, 1.82) is 0 Å². The largest absolute Gasteiger partial charge is 0.326 e. The fraction of sp³-hybridized carbons (Fsp3) is 0.222. The molecule has 1 atom stereocenters. The van der Waals surface area contributed by atoms with Gasteiger partial charge in [0.1, 0.15) is 5.82 Å². The van der Waals surface area contributed by atoms with Crippen LogP contribution >= 0.6 is 0 Å². The SMILES string of the molecule is Cc1ccc(N2C[C@@H](C(=O)Nc3ccc(F)cc3)CC2=O)cc1.